The Kier molecular flexibility index (Phi) is 3.42. The number of hydrogen-bond donors (Lipinski definition) is 2. The number of hydrogen-bond acceptors (Lipinski definition) is 5. The lowest BCUT2D eigenvalue weighted by Crippen LogP contribution is -2.13. The second-order valence-corrected chi connectivity index (χ2v) is 3.89. The van der Waals surface area contributed by atoms with E-state index in [1.165, 1.54) is 12.1 Å². The molecule has 0 saturated carbocycles. The van der Waals surface area contributed by atoms with Gasteiger partial charge in [0.2, 0.25) is 0 Å². The van der Waals surface area contributed by atoms with Crippen LogP contribution < -0.4 is 5.56 Å². The molecule has 7 heteroatoms. The van der Waals surface area contributed by atoms with Crippen LogP contribution in [0.2, 0.25) is 0 Å². The molecule has 0 saturated heterocycles. The highest BCUT2D eigenvalue weighted by Crippen LogP contribution is 2.21. The average Bonchev–Trinajstić information content (AvgIpc) is 2.39. The first-order valence-electron chi connectivity index (χ1n) is 5.06. The Bertz CT molecular complexity index is 654. The summed E-state index contributed by atoms with van der Waals surface area (Å²) in [5, 5.41) is 16.9. The van der Waals surface area contributed by atoms with E-state index in [0.717, 1.165) is 0 Å². The summed E-state index contributed by atoms with van der Waals surface area (Å²) in [6.07, 6.45) is 0. The molecule has 0 atom stereocenters. The quantitative estimate of drug-likeness (QED) is 0.502. The van der Waals surface area contributed by atoms with Crippen LogP contribution in [0.4, 0.5) is 5.69 Å². The van der Waals surface area contributed by atoms with Gasteiger partial charge in [-0.05, 0) is 6.07 Å². The van der Waals surface area contributed by atoms with Crippen molar-refractivity contribution in [1.82, 2.24) is 10.2 Å². The van der Waals surface area contributed by atoms with E-state index in [-0.39, 0.29) is 17.0 Å². The number of aromatic nitrogens is 2. The predicted molar refractivity (Wildman–Crippen MR) is 69.6 cm³/mol. The molecule has 2 aromatic rings. The van der Waals surface area contributed by atoms with Crippen LogP contribution in [0.3, 0.4) is 0 Å². The third-order valence-electron chi connectivity index (χ3n) is 2.40. The van der Waals surface area contributed by atoms with Crippen molar-refractivity contribution >= 4 is 18.3 Å². The molecule has 0 aliphatic rings. The number of nitro benzene ring substituents is 1. The summed E-state index contributed by atoms with van der Waals surface area (Å²) in [5.41, 5.74) is 1.19. The Hall–Kier alpha value is -2.15. The van der Waals surface area contributed by atoms with Crippen LogP contribution in [-0.4, -0.2) is 15.1 Å². The SMILES string of the molecule is O=c1[nH]nc(-c2cccc([N+](=O)[O-])c2)cc1CS. The molecular weight excluding hydrogens is 254 g/mol. The van der Waals surface area contributed by atoms with E-state index >= 15 is 0 Å². The molecule has 1 heterocycles. The maximum Gasteiger partial charge on any atom is 0.270 e. The Morgan fingerprint density at radius 2 is 2.17 bits per heavy atom. The van der Waals surface area contributed by atoms with Gasteiger partial charge in [0, 0.05) is 29.0 Å². The Morgan fingerprint density at radius 1 is 1.39 bits per heavy atom. The minimum atomic E-state index is -0.477. The first kappa shape index (κ1) is 12.3. The van der Waals surface area contributed by atoms with Gasteiger partial charge in [-0.2, -0.15) is 17.7 Å². The van der Waals surface area contributed by atoms with Crippen molar-refractivity contribution in [2.24, 2.45) is 0 Å². The molecule has 0 bridgehead atoms. The molecule has 0 fully saturated rings. The number of nitrogens with zero attached hydrogens (tertiary/aromatic N) is 2. The fourth-order valence-electron chi connectivity index (χ4n) is 1.49. The fraction of sp³-hybridized carbons (Fsp3) is 0.0909. The van der Waals surface area contributed by atoms with E-state index in [9.17, 15) is 14.9 Å². The van der Waals surface area contributed by atoms with Crippen molar-refractivity contribution in [2.75, 3.05) is 0 Å². The van der Waals surface area contributed by atoms with Crippen LogP contribution in [0.25, 0.3) is 11.3 Å². The van der Waals surface area contributed by atoms with Crippen molar-refractivity contribution in [2.45, 2.75) is 5.75 Å². The maximum absolute atomic E-state index is 11.3. The van der Waals surface area contributed by atoms with Gasteiger partial charge in [0.1, 0.15) is 0 Å². The molecule has 1 aromatic carbocycles. The highest BCUT2D eigenvalue weighted by Gasteiger charge is 2.09. The van der Waals surface area contributed by atoms with Gasteiger partial charge in [0.05, 0.1) is 10.6 Å². The molecule has 18 heavy (non-hydrogen) atoms. The summed E-state index contributed by atoms with van der Waals surface area (Å²) in [7, 11) is 0. The number of benzene rings is 1. The van der Waals surface area contributed by atoms with Gasteiger partial charge in [-0.25, -0.2) is 5.10 Å². The molecule has 0 unspecified atom stereocenters. The molecule has 0 radical (unpaired) electrons. The first-order chi connectivity index (χ1) is 8.61. The molecule has 6 nitrogen and oxygen atoms in total. The van der Waals surface area contributed by atoms with Crippen molar-refractivity contribution in [3.63, 3.8) is 0 Å². The van der Waals surface area contributed by atoms with Crippen LogP contribution in [-0.2, 0) is 5.75 Å². The number of nitro groups is 1. The summed E-state index contributed by atoms with van der Waals surface area (Å²) in [5.74, 6) is 0.278. The van der Waals surface area contributed by atoms with Gasteiger partial charge in [0.15, 0.2) is 0 Å². The van der Waals surface area contributed by atoms with E-state index in [0.29, 0.717) is 16.8 Å². The number of rotatable bonds is 3. The average molecular weight is 263 g/mol. The molecule has 92 valence electrons. The molecular formula is C11H9N3O3S. The summed E-state index contributed by atoms with van der Waals surface area (Å²) in [6.45, 7) is 0. The minimum Gasteiger partial charge on any atom is -0.268 e. The summed E-state index contributed by atoms with van der Waals surface area (Å²) in [4.78, 5) is 21.5. The van der Waals surface area contributed by atoms with Gasteiger partial charge in [-0.1, -0.05) is 12.1 Å². The predicted octanol–water partition coefficient (Wildman–Crippen LogP) is 1.77. The zero-order valence-electron chi connectivity index (χ0n) is 9.16. The number of H-pyrrole nitrogens is 1. The maximum atomic E-state index is 11.3. The molecule has 0 aliphatic carbocycles. The van der Waals surface area contributed by atoms with E-state index < -0.39 is 4.92 Å². The first-order valence-corrected chi connectivity index (χ1v) is 5.69. The fourth-order valence-corrected chi connectivity index (χ4v) is 1.72. The summed E-state index contributed by atoms with van der Waals surface area (Å²) in [6, 6.07) is 7.64. The van der Waals surface area contributed by atoms with Crippen molar-refractivity contribution in [3.8, 4) is 11.3 Å². The van der Waals surface area contributed by atoms with Crippen LogP contribution in [0.5, 0.6) is 0 Å². The van der Waals surface area contributed by atoms with E-state index in [2.05, 4.69) is 22.8 Å². The van der Waals surface area contributed by atoms with Gasteiger partial charge in [-0.15, -0.1) is 0 Å². The van der Waals surface area contributed by atoms with Crippen molar-refractivity contribution < 1.29 is 4.92 Å². The molecule has 1 N–H and O–H groups in total. The number of nitrogens with one attached hydrogen (secondary N) is 1. The van der Waals surface area contributed by atoms with E-state index in [1.54, 1.807) is 18.2 Å². The number of thiol groups is 1. The zero-order chi connectivity index (χ0) is 13.1. The van der Waals surface area contributed by atoms with Crippen molar-refractivity contribution in [3.05, 3.63) is 56.4 Å². The van der Waals surface area contributed by atoms with Gasteiger partial charge in [-0.3, -0.25) is 14.9 Å². The highest BCUT2D eigenvalue weighted by atomic mass is 32.1. The van der Waals surface area contributed by atoms with Crippen LogP contribution >= 0.6 is 12.6 Å². The van der Waals surface area contributed by atoms with E-state index in [1.807, 2.05) is 0 Å². The normalized spacial score (nSPS) is 10.3. The smallest absolute Gasteiger partial charge is 0.268 e. The second-order valence-electron chi connectivity index (χ2n) is 3.57. The summed E-state index contributed by atoms with van der Waals surface area (Å²) >= 11 is 4.04. The second kappa shape index (κ2) is 5.01. The third-order valence-corrected chi connectivity index (χ3v) is 2.74. The molecule has 0 aliphatic heterocycles. The Balaban J connectivity index is 2.51. The zero-order valence-corrected chi connectivity index (χ0v) is 10.1. The highest BCUT2D eigenvalue weighted by molar-refractivity contribution is 7.79. The number of aromatic amines is 1. The van der Waals surface area contributed by atoms with Crippen molar-refractivity contribution in [1.29, 1.82) is 0 Å². The Labute approximate surface area is 107 Å². The molecule has 0 amide bonds. The Morgan fingerprint density at radius 3 is 2.83 bits per heavy atom. The van der Waals surface area contributed by atoms with Gasteiger partial charge < -0.3 is 0 Å². The van der Waals surface area contributed by atoms with Crippen LogP contribution in [0, 0.1) is 10.1 Å². The lowest BCUT2D eigenvalue weighted by molar-refractivity contribution is -0.384. The third kappa shape index (κ3) is 2.40. The topological polar surface area (TPSA) is 88.9 Å². The van der Waals surface area contributed by atoms with Crippen LogP contribution in [0.1, 0.15) is 5.56 Å². The molecule has 1 aromatic heterocycles. The largest absolute Gasteiger partial charge is 0.270 e. The number of non-ortho nitro benzene ring substituents is 1. The standard InChI is InChI=1S/C11H9N3O3S/c15-11-8(6-18)5-10(12-13-11)7-2-1-3-9(4-7)14(16)17/h1-5,18H,6H2,(H,13,15). The monoisotopic (exact) mass is 263 g/mol. The minimum absolute atomic E-state index is 0.0204. The van der Waals surface area contributed by atoms with Crippen LogP contribution in [0.15, 0.2) is 35.1 Å². The van der Waals surface area contributed by atoms with Gasteiger partial charge >= 0.3 is 0 Å². The summed E-state index contributed by atoms with van der Waals surface area (Å²) < 4.78 is 0. The van der Waals surface area contributed by atoms with Gasteiger partial charge in [0.25, 0.3) is 11.2 Å². The lowest BCUT2D eigenvalue weighted by Gasteiger charge is -2.02. The molecule has 0 spiro atoms. The molecule has 2 rings (SSSR count). The van der Waals surface area contributed by atoms with E-state index in [4.69, 9.17) is 0 Å². The lowest BCUT2D eigenvalue weighted by atomic mass is 10.1.